The van der Waals surface area contributed by atoms with Crippen molar-refractivity contribution in [2.45, 2.75) is 57.8 Å². The Bertz CT molecular complexity index is 1210. The molecule has 40 heavy (non-hydrogen) atoms. The van der Waals surface area contributed by atoms with Crippen LogP contribution in [0.5, 0.6) is 0 Å². The molecule has 218 valence electrons. The summed E-state index contributed by atoms with van der Waals surface area (Å²) in [5.41, 5.74) is 0.935. The van der Waals surface area contributed by atoms with Crippen LogP contribution >= 0.6 is 0 Å². The van der Waals surface area contributed by atoms with Crippen LogP contribution in [0, 0.1) is 0 Å². The summed E-state index contributed by atoms with van der Waals surface area (Å²) in [7, 11) is 0. The Morgan fingerprint density at radius 1 is 1.00 bits per heavy atom. The molecule has 0 radical (unpaired) electrons. The number of rotatable bonds is 5. The molecule has 4 heterocycles. The molecule has 3 aliphatic heterocycles. The van der Waals surface area contributed by atoms with Crippen molar-refractivity contribution in [3.8, 4) is 0 Å². The van der Waals surface area contributed by atoms with Gasteiger partial charge in [-0.2, -0.15) is 17.9 Å². The molecule has 3 saturated heterocycles. The van der Waals surface area contributed by atoms with Crippen LogP contribution in [0.4, 0.5) is 29.5 Å². The maximum atomic E-state index is 13.7. The second-order valence-corrected chi connectivity index (χ2v) is 11.1. The third-order valence-corrected chi connectivity index (χ3v) is 8.73. The number of benzene rings is 1. The standard InChI is InChI=1S/C28H38F3N7O2/c1-3-34-15-17-35(18-16-34)24-19-23(28(29,30)31)6-5-22(24)20-37-11-4-8-27(37)9-13-36(14-10-27)26(40)38-12-7-25(33-38)32-21(2)39/h5-7,12,19H,3-4,8-11,13-18,20H2,1-2H3,(H,32,33,39). The Kier molecular flexibility index (Phi) is 8.10. The lowest BCUT2D eigenvalue weighted by molar-refractivity contribution is -0.137. The molecule has 3 aliphatic rings. The Hall–Kier alpha value is -3.12. The lowest BCUT2D eigenvalue weighted by Gasteiger charge is -2.45. The predicted molar refractivity (Wildman–Crippen MR) is 146 cm³/mol. The van der Waals surface area contributed by atoms with Crippen LogP contribution in [0.2, 0.25) is 0 Å². The van der Waals surface area contributed by atoms with E-state index in [1.807, 2.05) is 0 Å². The van der Waals surface area contributed by atoms with Gasteiger partial charge in [-0.1, -0.05) is 13.0 Å². The van der Waals surface area contributed by atoms with E-state index in [9.17, 15) is 22.8 Å². The zero-order valence-electron chi connectivity index (χ0n) is 23.2. The van der Waals surface area contributed by atoms with Gasteiger partial charge in [-0.15, -0.1) is 5.10 Å². The van der Waals surface area contributed by atoms with Gasteiger partial charge in [0.1, 0.15) is 0 Å². The predicted octanol–water partition coefficient (Wildman–Crippen LogP) is 4.10. The van der Waals surface area contributed by atoms with Crippen LogP contribution < -0.4 is 10.2 Å². The summed E-state index contributed by atoms with van der Waals surface area (Å²) >= 11 is 0. The quantitative estimate of drug-likeness (QED) is 0.593. The first-order valence-corrected chi connectivity index (χ1v) is 14.1. The number of alkyl halides is 3. The number of anilines is 2. The molecule has 2 aromatic rings. The van der Waals surface area contributed by atoms with Crippen molar-refractivity contribution in [2.75, 3.05) is 62.6 Å². The number of hydrogen-bond donors (Lipinski definition) is 1. The molecule has 1 aromatic heterocycles. The van der Waals surface area contributed by atoms with Crippen molar-refractivity contribution in [3.05, 3.63) is 41.6 Å². The summed E-state index contributed by atoms with van der Waals surface area (Å²) in [6.07, 6.45) is 0.789. The van der Waals surface area contributed by atoms with Gasteiger partial charge in [0, 0.05) is 76.2 Å². The van der Waals surface area contributed by atoms with Crippen LogP contribution in [0.15, 0.2) is 30.5 Å². The van der Waals surface area contributed by atoms with E-state index in [1.54, 1.807) is 23.2 Å². The van der Waals surface area contributed by atoms with Gasteiger partial charge in [-0.3, -0.25) is 9.69 Å². The largest absolute Gasteiger partial charge is 0.416 e. The van der Waals surface area contributed by atoms with Crippen LogP contribution in [-0.4, -0.2) is 94.3 Å². The second kappa shape index (κ2) is 11.4. The first kappa shape index (κ1) is 28.4. The summed E-state index contributed by atoms with van der Waals surface area (Å²) in [4.78, 5) is 33.0. The van der Waals surface area contributed by atoms with Crippen molar-refractivity contribution < 1.29 is 22.8 Å². The van der Waals surface area contributed by atoms with E-state index in [1.165, 1.54) is 23.7 Å². The summed E-state index contributed by atoms with van der Waals surface area (Å²) in [6.45, 7) is 10.2. The average molecular weight is 562 g/mol. The maximum absolute atomic E-state index is 13.7. The molecule has 1 N–H and O–H groups in total. The topological polar surface area (TPSA) is 77.0 Å². The zero-order valence-corrected chi connectivity index (χ0v) is 23.2. The van der Waals surface area contributed by atoms with Gasteiger partial charge in [0.2, 0.25) is 5.91 Å². The Morgan fingerprint density at radius 2 is 1.73 bits per heavy atom. The lowest BCUT2D eigenvalue weighted by Crippen LogP contribution is -2.53. The van der Waals surface area contributed by atoms with Gasteiger partial charge in [0.15, 0.2) is 5.82 Å². The van der Waals surface area contributed by atoms with Gasteiger partial charge in [-0.05, 0) is 56.5 Å². The summed E-state index contributed by atoms with van der Waals surface area (Å²) in [5, 5.41) is 6.75. The average Bonchev–Trinajstić information content (AvgIpc) is 3.55. The fraction of sp³-hybridized carbons (Fsp3) is 0.607. The summed E-state index contributed by atoms with van der Waals surface area (Å²) in [5.74, 6) is 0.0816. The Balaban J connectivity index is 1.29. The molecule has 5 rings (SSSR count). The molecule has 9 nitrogen and oxygen atoms in total. The molecule has 2 amide bonds. The third kappa shape index (κ3) is 5.97. The SMILES string of the molecule is CCN1CCN(c2cc(C(F)(F)F)ccc2CN2CCCC23CCN(C(=O)n2ccc(NC(C)=O)n2)CC3)CC1. The normalized spacial score (nSPS) is 20.3. The number of likely N-dealkylation sites (tertiary alicyclic amines) is 2. The van der Waals surface area contributed by atoms with E-state index in [0.29, 0.717) is 44.2 Å². The number of likely N-dealkylation sites (N-methyl/N-ethyl adjacent to an activating group) is 1. The zero-order chi connectivity index (χ0) is 28.5. The molecular formula is C28H38F3N7O2. The van der Waals surface area contributed by atoms with Gasteiger partial charge < -0.3 is 20.0 Å². The molecule has 0 saturated carbocycles. The highest BCUT2D eigenvalue weighted by molar-refractivity contribution is 5.88. The minimum Gasteiger partial charge on any atom is -0.369 e. The van der Waals surface area contributed by atoms with Crippen LogP contribution in [-0.2, 0) is 17.5 Å². The van der Waals surface area contributed by atoms with Crippen molar-refractivity contribution >= 4 is 23.4 Å². The number of piperidine rings is 1. The molecule has 0 unspecified atom stereocenters. The van der Waals surface area contributed by atoms with E-state index in [0.717, 1.165) is 57.4 Å². The minimum absolute atomic E-state index is 0.0802. The fourth-order valence-corrected chi connectivity index (χ4v) is 6.42. The van der Waals surface area contributed by atoms with E-state index in [2.05, 4.69) is 32.0 Å². The number of halogens is 3. The molecule has 3 fully saturated rings. The number of amides is 2. The van der Waals surface area contributed by atoms with Crippen molar-refractivity contribution in [2.24, 2.45) is 0 Å². The first-order chi connectivity index (χ1) is 19.1. The number of nitrogens with zero attached hydrogens (tertiary/aromatic N) is 6. The van der Waals surface area contributed by atoms with Crippen molar-refractivity contribution in [1.29, 1.82) is 0 Å². The molecule has 1 spiro atoms. The van der Waals surface area contributed by atoms with Gasteiger partial charge >= 0.3 is 12.2 Å². The molecule has 0 aliphatic carbocycles. The minimum atomic E-state index is -4.38. The Morgan fingerprint density at radius 3 is 2.38 bits per heavy atom. The van der Waals surface area contributed by atoms with Crippen LogP contribution in [0.3, 0.4) is 0 Å². The van der Waals surface area contributed by atoms with Gasteiger partial charge in [0.05, 0.1) is 5.56 Å². The third-order valence-electron chi connectivity index (χ3n) is 8.73. The maximum Gasteiger partial charge on any atom is 0.416 e. The number of carbonyl (C=O) groups excluding carboxylic acids is 2. The monoisotopic (exact) mass is 561 g/mol. The van der Waals surface area contributed by atoms with Crippen LogP contribution in [0.25, 0.3) is 0 Å². The molecule has 0 atom stereocenters. The number of carbonyl (C=O) groups is 2. The highest BCUT2D eigenvalue weighted by Crippen LogP contribution is 2.41. The first-order valence-electron chi connectivity index (χ1n) is 14.1. The van der Waals surface area contributed by atoms with E-state index in [4.69, 9.17) is 0 Å². The Labute approximate surface area is 232 Å². The number of aromatic nitrogens is 2. The summed E-state index contributed by atoms with van der Waals surface area (Å²) < 4.78 is 42.2. The highest BCUT2D eigenvalue weighted by Gasteiger charge is 2.44. The van der Waals surface area contributed by atoms with Gasteiger partial charge in [0.25, 0.3) is 0 Å². The second-order valence-electron chi connectivity index (χ2n) is 11.1. The number of hydrogen-bond acceptors (Lipinski definition) is 6. The molecule has 12 heteroatoms. The van der Waals surface area contributed by atoms with E-state index < -0.39 is 11.7 Å². The van der Waals surface area contributed by atoms with Crippen molar-refractivity contribution in [1.82, 2.24) is 24.5 Å². The number of nitrogens with one attached hydrogen (secondary N) is 1. The van der Waals surface area contributed by atoms with E-state index in [-0.39, 0.29) is 17.5 Å². The lowest BCUT2D eigenvalue weighted by atomic mass is 9.84. The molecule has 1 aromatic carbocycles. The smallest absolute Gasteiger partial charge is 0.369 e. The van der Waals surface area contributed by atoms with E-state index >= 15 is 0 Å². The van der Waals surface area contributed by atoms with Crippen LogP contribution in [0.1, 0.15) is 50.7 Å². The molecular weight excluding hydrogens is 523 g/mol. The number of piperazine rings is 1. The van der Waals surface area contributed by atoms with Crippen molar-refractivity contribution in [3.63, 3.8) is 0 Å². The summed E-state index contributed by atoms with van der Waals surface area (Å²) in [6, 6.07) is 5.57. The fourth-order valence-electron chi connectivity index (χ4n) is 6.42. The highest BCUT2D eigenvalue weighted by atomic mass is 19.4. The van der Waals surface area contributed by atoms with Gasteiger partial charge in [-0.25, -0.2) is 4.79 Å². The molecule has 0 bridgehead atoms.